The summed E-state index contributed by atoms with van der Waals surface area (Å²) in [6.07, 6.45) is 6.77. The van der Waals surface area contributed by atoms with Gasteiger partial charge in [0.05, 0.1) is 23.7 Å². The predicted octanol–water partition coefficient (Wildman–Crippen LogP) is 3.76. The monoisotopic (exact) mass is 304 g/mol. The molecule has 3 rings (SSSR count). The number of rotatable bonds is 4. The summed E-state index contributed by atoms with van der Waals surface area (Å²) in [6.45, 7) is 0. The largest absolute Gasteiger partial charge is 0.469 e. The SMILES string of the molecule is COC(=O)Cc1ccc2nc(NC3CCCCC3)sc2c1. The second kappa shape index (κ2) is 6.43. The van der Waals surface area contributed by atoms with Crippen molar-refractivity contribution in [1.29, 1.82) is 0 Å². The molecule has 0 atom stereocenters. The van der Waals surface area contributed by atoms with Crippen molar-refractivity contribution < 1.29 is 9.53 Å². The molecule has 5 heteroatoms. The minimum atomic E-state index is -0.209. The van der Waals surface area contributed by atoms with E-state index in [4.69, 9.17) is 4.74 Å². The third-order valence-electron chi connectivity index (χ3n) is 3.96. The van der Waals surface area contributed by atoms with E-state index in [2.05, 4.69) is 10.3 Å². The Kier molecular flexibility index (Phi) is 4.39. The molecule has 1 saturated carbocycles. The number of hydrogen-bond acceptors (Lipinski definition) is 5. The Bertz CT molecular complexity index is 632. The summed E-state index contributed by atoms with van der Waals surface area (Å²) in [5, 5.41) is 4.55. The van der Waals surface area contributed by atoms with E-state index in [1.807, 2.05) is 18.2 Å². The molecule has 1 aliphatic rings. The van der Waals surface area contributed by atoms with Crippen molar-refractivity contribution in [2.45, 2.75) is 44.6 Å². The number of nitrogens with one attached hydrogen (secondary N) is 1. The van der Waals surface area contributed by atoms with Crippen LogP contribution in [0.15, 0.2) is 18.2 Å². The molecule has 1 aliphatic carbocycles. The predicted molar refractivity (Wildman–Crippen MR) is 85.8 cm³/mol. The summed E-state index contributed by atoms with van der Waals surface area (Å²) < 4.78 is 5.83. The third-order valence-corrected chi connectivity index (χ3v) is 4.91. The van der Waals surface area contributed by atoms with Gasteiger partial charge in [-0.15, -0.1) is 0 Å². The fourth-order valence-electron chi connectivity index (χ4n) is 2.80. The zero-order chi connectivity index (χ0) is 14.7. The zero-order valence-corrected chi connectivity index (χ0v) is 13.0. The first kappa shape index (κ1) is 14.3. The Morgan fingerprint density at radius 1 is 1.38 bits per heavy atom. The molecule has 4 nitrogen and oxygen atoms in total. The van der Waals surface area contributed by atoms with E-state index in [-0.39, 0.29) is 5.97 Å². The van der Waals surface area contributed by atoms with Gasteiger partial charge in [0.15, 0.2) is 5.13 Å². The molecule has 0 aliphatic heterocycles. The van der Waals surface area contributed by atoms with Crippen LogP contribution >= 0.6 is 11.3 Å². The number of nitrogens with zero attached hydrogens (tertiary/aromatic N) is 1. The van der Waals surface area contributed by atoms with E-state index in [1.165, 1.54) is 39.2 Å². The Hall–Kier alpha value is -1.62. The number of anilines is 1. The number of thiazole rings is 1. The normalized spacial score (nSPS) is 16.0. The molecule has 1 aromatic heterocycles. The number of ether oxygens (including phenoxy) is 1. The Morgan fingerprint density at radius 3 is 2.95 bits per heavy atom. The number of methoxy groups -OCH3 is 1. The molecule has 1 N–H and O–H groups in total. The number of hydrogen-bond donors (Lipinski definition) is 1. The second-order valence-corrected chi connectivity index (χ2v) is 6.58. The van der Waals surface area contributed by atoms with E-state index >= 15 is 0 Å². The molecular formula is C16H20N2O2S. The third kappa shape index (κ3) is 3.53. The van der Waals surface area contributed by atoms with Gasteiger partial charge in [-0.25, -0.2) is 4.98 Å². The van der Waals surface area contributed by atoms with Gasteiger partial charge < -0.3 is 10.1 Å². The first-order valence-electron chi connectivity index (χ1n) is 7.47. The summed E-state index contributed by atoms with van der Waals surface area (Å²) in [5.41, 5.74) is 1.97. The molecule has 1 aromatic carbocycles. The average molecular weight is 304 g/mol. The highest BCUT2D eigenvalue weighted by atomic mass is 32.1. The number of carbonyl (C=O) groups is 1. The number of benzene rings is 1. The molecule has 0 radical (unpaired) electrons. The first-order valence-corrected chi connectivity index (χ1v) is 8.29. The lowest BCUT2D eigenvalue weighted by atomic mass is 9.96. The smallest absolute Gasteiger partial charge is 0.309 e. The quantitative estimate of drug-likeness (QED) is 0.874. The van der Waals surface area contributed by atoms with Crippen LogP contribution in [0.3, 0.4) is 0 Å². The fraction of sp³-hybridized carbons (Fsp3) is 0.500. The topological polar surface area (TPSA) is 51.2 Å². The lowest BCUT2D eigenvalue weighted by Crippen LogP contribution is -2.21. The molecule has 0 unspecified atom stereocenters. The van der Waals surface area contributed by atoms with Gasteiger partial charge >= 0.3 is 5.97 Å². The van der Waals surface area contributed by atoms with Gasteiger partial charge in [0, 0.05) is 6.04 Å². The summed E-state index contributed by atoms with van der Waals surface area (Å²) in [5.74, 6) is -0.209. The van der Waals surface area contributed by atoms with Crippen LogP contribution in [0.1, 0.15) is 37.7 Å². The number of aromatic nitrogens is 1. The highest BCUT2D eigenvalue weighted by Crippen LogP contribution is 2.29. The van der Waals surface area contributed by atoms with E-state index in [1.54, 1.807) is 11.3 Å². The number of esters is 1. The highest BCUT2D eigenvalue weighted by molar-refractivity contribution is 7.22. The lowest BCUT2D eigenvalue weighted by Gasteiger charge is -2.22. The van der Waals surface area contributed by atoms with Crippen molar-refractivity contribution in [3.8, 4) is 0 Å². The molecule has 0 spiro atoms. The molecule has 1 fully saturated rings. The molecule has 112 valence electrons. The molecular weight excluding hydrogens is 284 g/mol. The van der Waals surface area contributed by atoms with Crippen LogP contribution in [0.25, 0.3) is 10.2 Å². The van der Waals surface area contributed by atoms with Crippen LogP contribution in [-0.2, 0) is 16.0 Å². The van der Waals surface area contributed by atoms with Gasteiger partial charge in [-0.05, 0) is 30.5 Å². The zero-order valence-electron chi connectivity index (χ0n) is 12.2. The van der Waals surface area contributed by atoms with E-state index in [9.17, 15) is 4.79 Å². The van der Waals surface area contributed by atoms with E-state index in [0.29, 0.717) is 12.5 Å². The lowest BCUT2D eigenvalue weighted by molar-refractivity contribution is -0.139. The minimum absolute atomic E-state index is 0.209. The highest BCUT2D eigenvalue weighted by Gasteiger charge is 2.15. The van der Waals surface area contributed by atoms with Crippen LogP contribution in [0.2, 0.25) is 0 Å². The summed E-state index contributed by atoms with van der Waals surface area (Å²) in [4.78, 5) is 16.0. The maximum atomic E-state index is 11.3. The van der Waals surface area contributed by atoms with Gasteiger partial charge in [-0.1, -0.05) is 36.7 Å². The fourth-order valence-corrected chi connectivity index (χ4v) is 3.81. The van der Waals surface area contributed by atoms with E-state index in [0.717, 1.165) is 20.9 Å². The molecule has 0 saturated heterocycles. The van der Waals surface area contributed by atoms with Crippen LogP contribution in [0, 0.1) is 0 Å². The second-order valence-electron chi connectivity index (χ2n) is 5.55. The molecule has 1 heterocycles. The van der Waals surface area contributed by atoms with Gasteiger partial charge in [-0.3, -0.25) is 4.79 Å². The van der Waals surface area contributed by atoms with Crippen molar-refractivity contribution in [3.05, 3.63) is 23.8 Å². The Morgan fingerprint density at radius 2 is 2.19 bits per heavy atom. The number of carbonyl (C=O) groups excluding carboxylic acids is 1. The van der Waals surface area contributed by atoms with Crippen LogP contribution in [0.4, 0.5) is 5.13 Å². The van der Waals surface area contributed by atoms with Crippen LogP contribution in [-0.4, -0.2) is 24.1 Å². The van der Waals surface area contributed by atoms with Crippen molar-refractivity contribution in [1.82, 2.24) is 4.98 Å². The summed E-state index contributed by atoms with van der Waals surface area (Å²) in [6, 6.07) is 6.53. The van der Waals surface area contributed by atoms with Gasteiger partial charge in [0.1, 0.15) is 0 Å². The Labute approximate surface area is 128 Å². The van der Waals surface area contributed by atoms with Crippen molar-refractivity contribution in [2.75, 3.05) is 12.4 Å². The maximum absolute atomic E-state index is 11.3. The number of fused-ring (bicyclic) bond motifs is 1. The van der Waals surface area contributed by atoms with Gasteiger partial charge in [0.25, 0.3) is 0 Å². The standard InChI is InChI=1S/C16H20N2O2S/c1-20-15(19)10-11-7-8-13-14(9-11)21-16(18-13)17-12-5-3-2-4-6-12/h7-9,12H,2-6,10H2,1H3,(H,17,18). The molecule has 21 heavy (non-hydrogen) atoms. The minimum Gasteiger partial charge on any atom is -0.469 e. The maximum Gasteiger partial charge on any atom is 0.309 e. The van der Waals surface area contributed by atoms with Crippen LogP contribution < -0.4 is 5.32 Å². The first-order chi connectivity index (χ1) is 10.2. The molecule has 0 bridgehead atoms. The molecule has 0 amide bonds. The van der Waals surface area contributed by atoms with Gasteiger partial charge in [0.2, 0.25) is 0 Å². The average Bonchev–Trinajstić information content (AvgIpc) is 2.89. The van der Waals surface area contributed by atoms with Crippen molar-refractivity contribution >= 4 is 32.7 Å². The van der Waals surface area contributed by atoms with Crippen molar-refractivity contribution in [2.24, 2.45) is 0 Å². The Balaban J connectivity index is 1.74. The van der Waals surface area contributed by atoms with Crippen LogP contribution in [0.5, 0.6) is 0 Å². The van der Waals surface area contributed by atoms with Gasteiger partial charge in [-0.2, -0.15) is 0 Å². The molecule has 2 aromatic rings. The summed E-state index contributed by atoms with van der Waals surface area (Å²) >= 11 is 1.67. The van der Waals surface area contributed by atoms with Crippen molar-refractivity contribution in [3.63, 3.8) is 0 Å². The summed E-state index contributed by atoms with van der Waals surface area (Å²) in [7, 11) is 1.42. The van der Waals surface area contributed by atoms with E-state index < -0.39 is 0 Å².